The van der Waals surface area contributed by atoms with Crippen molar-refractivity contribution in [1.82, 2.24) is 9.55 Å². The number of thiazole rings is 1. The summed E-state index contributed by atoms with van der Waals surface area (Å²) >= 11 is 13.5. The normalized spacial score (nSPS) is 14.1. The Hall–Kier alpha value is -3.48. The lowest BCUT2D eigenvalue weighted by atomic mass is 9.86. The number of methoxy groups -OCH3 is 2. The summed E-state index contributed by atoms with van der Waals surface area (Å²) in [4.78, 5) is 30.9. The highest BCUT2D eigenvalue weighted by Gasteiger charge is 2.36. The molecule has 2 aromatic heterocycles. The molecule has 5 rings (SSSR count). The standard InChI is InChI=1S/C31H30Cl2F3N3O5S/c1-43-23-14-21(33)24(44-2)13-19(23)27-25(9-8-16-6-4-3-5-7-16)45-30(37-27)38-29(42)22-11-17-10-18(32)12-20(31(34,35)36)28(17)39(22)15-26(40)41/h10-14,16H,3-9,15H2,1-2H3,(H,40,41)(H,37,38,42). The zero-order chi connectivity index (χ0) is 32.5. The summed E-state index contributed by atoms with van der Waals surface area (Å²) in [6.07, 6.45) is 2.65. The number of fused-ring (bicyclic) bond motifs is 1. The fraction of sp³-hybridized carbons (Fsp3) is 0.387. The summed E-state index contributed by atoms with van der Waals surface area (Å²) < 4.78 is 53.8. The number of alkyl halides is 3. The van der Waals surface area contributed by atoms with Crippen molar-refractivity contribution in [3.8, 4) is 22.8 Å². The van der Waals surface area contributed by atoms with Crippen LogP contribution in [0.3, 0.4) is 0 Å². The highest BCUT2D eigenvalue weighted by molar-refractivity contribution is 7.16. The molecule has 2 N–H and O–H groups in total. The molecule has 0 spiro atoms. The predicted octanol–water partition coefficient (Wildman–Crippen LogP) is 8.96. The number of benzene rings is 2. The molecule has 2 heterocycles. The van der Waals surface area contributed by atoms with Crippen LogP contribution < -0.4 is 14.8 Å². The van der Waals surface area contributed by atoms with Gasteiger partial charge >= 0.3 is 12.1 Å². The van der Waals surface area contributed by atoms with Gasteiger partial charge in [-0.3, -0.25) is 14.9 Å². The van der Waals surface area contributed by atoms with E-state index in [-0.39, 0.29) is 21.2 Å². The second-order valence-electron chi connectivity index (χ2n) is 10.9. The largest absolute Gasteiger partial charge is 0.496 e. The lowest BCUT2D eigenvalue weighted by Crippen LogP contribution is -2.21. The van der Waals surface area contributed by atoms with Gasteiger partial charge in [-0.25, -0.2) is 4.98 Å². The molecule has 0 radical (unpaired) electrons. The minimum atomic E-state index is -4.85. The molecule has 0 unspecified atom stereocenters. The van der Waals surface area contributed by atoms with Gasteiger partial charge in [-0.15, -0.1) is 11.3 Å². The van der Waals surface area contributed by atoms with Crippen molar-refractivity contribution in [2.45, 2.75) is 57.7 Å². The van der Waals surface area contributed by atoms with Gasteiger partial charge in [0.2, 0.25) is 0 Å². The molecule has 1 fully saturated rings. The molecule has 1 amide bonds. The van der Waals surface area contributed by atoms with E-state index in [0.717, 1.165) is 28.7 Å². The Morgan fingerprint density at radius 3 is 2.42 bits per heavy atom. The number of amides is 1. The topological polar surface area (TPSA) is 103 Å². The molecule has 1 aliphatic carbocycles. The van der Waals surface area contributed by atoms with Gasteiger partial charge in [-0.05, 0) is 43.0 Å². The van der Waals surface area contributed by atoms with Crippen molar-refractivity contribution >= 4 is 62.4 Å². The van der Waals surface area contributed by atoms with E-state index in [1.807, 2.05) is 0 Å². The van der Waals surface area contributed by atoms with Gasteiger partial charge in [0.05, 0.1) is 36.0 Å². The number of carboxylic acid groups (broad SMARTS) is 1. The quantitative estimate of drug-likeness (QED) is 0.173. The van der Waals surface area contributed by atoms with Crippen molar-refractivity contribution in [2.24, 2.45) is 5.92 Å². The van der Waals surface area contributed by atoms with Crippen molar-refractivity contribution in [1.29, 1.82) is 0 Å². The predicted molar refractivity (Wildman–Crippen MR) is 168 cm³/mol. The number of nitrogens with one attached hydrogen (secondary N) is 1. The third-order valence-corrected chi connectivity index (χ3v) is 9.48. The molecule has 1 aliphatic rings. The zero-order valence-corrected chi connectivity index (χ0v) is 26.7. The molecule has 8 nitrogen and oxygen atoms in total. The van der Waals surface area contributed by atoms with Crippen molar-refractivity contribution in [3.05, 3.63) is 56.5 Å². The number of carbonyl (C=O) groups is 2. The molecule has 0 atom stereocenters. The summed E-state index contributed by atoms with van der Waals surface area (Å²) in [6.45, 7) is -0.880. The first-order valence-electron chi connectivity index (χ1n) is 14.2. The van der Waals surface area contributed by atoms with E-state index in [0.29, 0.717) is 46.2 Å². The van der Waals surface area contributed by atoms with Crippen LogP contribution in [0.1, 0.15) is 59.5 Å². The second kappa shape index (κ2) is 13.5. The Kier molecular flexibility index (Phi) is 9.85. The number of ether oxygens (including phenoxy) is 2. The molecule has 2 aromatic carbocycles. The molecule has 0 bridgehead atoms. The summed E-state index contributed by atoms with van der Waals surface area (Å²) in [5, 5.41) is 12.5. The maximum atomic E-state index is 14.0. The molecule has 0 saturated heterocycles. The number of hydrogen-bond donors (Lipinski definition) is 2. The van der Waals surface area contributed by atoms with Crippen LogP contribution in [0.2, 0.25) is 10.0 Å². The summed E-state index contributed by atoms with van der Waals surface area (Å²) in [5.74, 6) is -0.830. The van der Waals surface area contributed by atoms with E-state index in [9.17, 15) is 27.9 Å². The van der Waals surface area contributed by atoms with E-state index in [2.05, 4.69) is 5.32 Å². The van der Waals surface area contributed by atoms with Gasteiger partial charge in [0.1, 0.15) is 23.7 Å². The monoisotopic (exact) mass is 683 g/mol. The number of aryl methyl sites for hydroxylation is 1. The van der Waals surface area contributed by atoms with E-state index in [1.54, 1.807) is 12.1 Å². The number of halogens is 5. The first-order chi connectivity index (χ1) is 21.4. The Morgan fingerprint density at radius 1 is 1.07 bits per heavy atom. The van der Waals surface area contributed by atoms with Gasteiger partial charge in [-0.1, -0.05) is 55.3 Å². The average molecular weight is 685 g/mol. The fourth-order valence-electron chi connectivity index (χ4n) is 5.88. The SMILES string of the molecule is COc1cc(-c2nc(NC(=O)c3cc4cc(Cl)cc(C(F)(F)F)c4n3CC(=O)O)sc2CCC2CCCCC2)c(OC)cc1Cl. The van der Waals surface area contributed by atoms with Gasteiger partial charge in [0.15, 0.2) is 5.13 Å². The average Bonchev–Trinajstić information content (AvgIpc) is 3.55. The minimum Gasteiger partial charge on any atom is -0.496 e. The van der Waals surface area contributed by atoms with E-state index in [1.165, 1.54) is 57.0 Å². The minimum absolute atomic E-state index is 0.0211. The Bertz CT molecular complexity index is 1750. The maximum Gasteiger partial charge on any atom is 0.418 e. The number of anilines is 1. The third-order valence-electron chi connectivity index (χ3n) is 7.94. The first kappa shape index (κ1) is 32.9. The lowest BCUT2D eigenvalue weighted by Gasteiger charge is -2.21. The highest BCUT2D eigenvalue weighted by Crippen LogP contribution is 2.43. The number of hydrogen-bond acceptors (Lipinski definition) is 6. The van der Waals surface area contributed by atoms with Crippen LogP contribution in [-0.4, -0.2) is 40.8 Å². The van der Waals surface area contributed by atoms with Crippen LogP contribution in [0.5, 0.6) is 11.5 Å². The van der Waals surface area contributed by atoms with Crippen LogP contribution in [-0.2, 0) is 23.9 Å². The number of aromatic nitrogens is 2. The van der Waals surface area contributed by atoms with Crippen LogP contribution in [0.25, 0.3) is 22.2 Å². The maximum absolute atomic E-state index is 14.0. The van der Waals surface area contributed by atoms with Gasteiger partial charge in [0.25, 0.3) is 5.91 Å². The Balaban J connectivity index is 1.56. The molecule has 1 saturated carbocycles. The fourth-order valence-corrected chi connectivity index (χ4v) is 7.33. The molecular weight excluding hydrogens is 654 g/mol. The molecule has 45 heavy (non-hydrogen) atoms. The van der Waals surface area contributed by atoms with Crippen LogP contribution >= 0.6 is 34.5 Å². The number of rotatable bonds is 10. The number of carboxylic acids is 1. The molecule has 14 heteroatoms. The van der Waals surface area contributed by atoms with Crippen LogP contribution in [0.15, 0.2) is 30.3 Å². The van der Waals surface area contributed by atoms with Crippen molar-refractivity contribution < 1.29 is 37.3 Å². The van der Waals surface area contributed by atoms with Crippen molar-refractivity contribution in [2.75, 3.05) is 19.5 Å². The number of aliphatic carboxylic acids is 1. The summed E-state index contributed by atoms with van der Waals surface area (Å²) in [6, 6.07) is 6.49. The molecular formula is C31H30Cl2F3N3O5S. The van der Waals surface area contributed by atoms with Gasteiger partial charge in [-0.2, -0.15) is 13.2 Å². The second-order valence-corrected chi connectivity index (χ2v) is 12.8. The summed E-state index contributed by atoms with van der Waals surface area (Å²) in [7, 11) is 2.99. The van der Waals surface area contributed by atoms with E-state index in [4.69, 9.17) is 37.7 Å². The number of carbonyl (C=O) groups excluding carboxylic acids is 1. The zero-order valence-electron chi connectivity index (χ0n) is 24.4. The van der Waals surface area contributed by atoms with Gasteiger partial charge < -0.3 is 19.1 Å². The summed E-state index contributed by atoms with van der Waals surface area (Å²) in [5.41, 5.74) is -0.735. The Labute approximate surface area is 271 Å². The Morgan fingerprint density at radius 2 is 1.78 bits per heavy atom. The first-order valence-corrected chi connectivity index (χ1v) is 15.8. The highest BCUT2D eigenvalue weighted by atomic mass is 35.5. The molecule has 4 aromatic rings. The van der Waals surface area contributed by atoms with Crippen LogP contribution in [0.4, 0.5) is 18.3 Å². The van der Waals surface area contributed by atoms with Crippen molar-refractivity contribution in [3.63, 3.8) is 0 Å². The number of nitrogens with zero attached hydrogens (tertiary/aromatic N) is 2. The van der Waals surface area contributed by atoms with E-state index >= 15 is 0 Å². The molecule has 0 aliphatic heterocycles. The third kappa shape index (κ3) is 7.18. The van der Waals surface area contributed by atoms with Gasteiger partial charge in [0, 0.05) is 26.9 Å². The molecule has 240 valence electrons. The van der Waals surface area contributed by atoms with Crippen LogP contribution in [0, 0.1) is 5.92 Å². The lowest BCUT2D eigenvalue weighted by molar-refractivity contribution is -0.139. The smallest absolute Gasteiger partial charge is 0.418 e. The van der Waals surface area contributed by atoms with E-state index < -0.39 is 35.7 Å².